The van der Waals surface area contributed by atoms with E-state index in [0.717, 1.165) is 11.1 Å². The van der Waals surface area contributed by atoms with Crippen LogP contribution in [0.3, 0.4) is 0 Å². The average molecular weight is 445 g/mol. The first-order valence-corrected chi connectivity index (χ1v) is 9.51. The van der Waals surface area contributed by atoms with Crippen molar-refractivity contribution in [2.75, 3.05) is 11.9 Å². The molecule has 0 spiro atoms. The van der Waals surface area contributed by atoms with Gasteiger partial charge < -0.3 is 9.84 Å². The molecule has 0 saturated heterocycles. The maximum absolute atomic E-state index is 12.3. The maximum Gasteiger partial charge on any atom is 0.411 e. The highest BCUT2D eigenvalue weighted by Crippen LogP contribution is 2.44. The van der Waals surface area contributed by atoms with Gasteiger partial charge in [-0.3, -0.25) is 5.32 Å². The number of amides is 1. The van der Waals surface area contributed by atoms with Gasteiger partial charge in [-0.2, -0.15) is 0 Å². The summed E-state index contributed by atoms with van der Waals surface area (Å²) >= 11 is 9.20. The molecule has 3 aromatic carbocycles. The van der Waals surface area contributed by atoms with Gasteiger partial charge in [0.25, 0.3) is 0 Å². The van der Waals surface area contributed by atoms with Gasteiger partial charge in [0.2, 0.25) is 0 Å². The Morgan fingerprint density at radius 2 is 1.67 bits per heavy atom. The van der Waals surface area contributed by atoms with E-state index >= 15 is 0 Å². The number of phenolic OH excluding ortho intramolecular Hbond substituents is 1. The van der Waals surface area contributed by atoms with Gasteiger partial charge in [-0.1, -0.05) is 76.1 Å². The zero-order chi connectivity index (χ0) is 19.0. The normalized spacial score (nSPS) is 12.4. The molecule has 4 rings (SSSR count). The van der Waals surface area contributed by atoms with Gasteiger partial charge in [-0.05, 0) is 34.4 Å². The van der Waals surface area contributed by atoms with Crippen molar-refractivity contribution >= 4 is 39.3 Å². The maximum atomic E-state index is 12.3. The fourth-order valence-corrected chi connectivity index (χ4v) is 4.21. The van der Waals surface area contributed by atoms with Crippen molar-refractivity contribution in [1.82, 2.24) is 0 Å². The van der Waals surface area contributed by atoms with Crippen LogP contribution < -0.4 is 5.32 Å². The van der Waals surface area contributed by atoms with E-state index in [1.54, 1.807) is 12.1 Å². The smallest absolute Gasteiger partial charge is 0.411 e. The molecular formula is C21H15BrClNO3. The van der Waals surface area contributed by atoms with E-state index in [-0.39, 0.29) is 29.0 Å². The number of carbonyl (C=O) groups excluding carboxylic acids is 1. The molecule has 2 N–H and O–H groups in total. The second kappa shape index (κ2) is 7.25. The van der Waals surface area contributed by atoms with E-state index < -0.39 is 6.09 Å². The van der Waals surface area contributed by atoms with E-state index in [1.165, 1.54) is 11.1 Å². The van der Waals surface area contributed by atoms with Gasteiger partial charge in [0, 0.05) is 10.4 Å². The lowest BCUT2D eigenvalue weighted by Gasteiger charge is -2.15. The molecule has 0 aromatic heterocycles. The zero-order valence-corrected chi connectivity index (χ0v) is 16.4. The van der Waals surface area contributed by atoms with Crippen molar-refractivity contribution in [3.63, 3.8) is 0 Å². The lowest BCUT2D eigenvalue weighted by Crippen LogP contribution is -2.18. The number of ether oxygens (including phenoxy) is 1. The van der Waals surface area contributed by atoms with Crippen molar-refractivity contribution in [2.45, 2.75) is 5.92 Å². The SMILES string of the molecule is O=C(Nc1cc(Br)cc(Cl)c1O)OCC1c2ccccc2-c2ccccc21. The fraction of sp³-hybridized carbons (Fsp3) is 0.0952. The van der Waals surface area contributed by atoms with Crippen LogP contribution >= 0.6 is 27.5 Å². The number of aromatic hydroxyl groups is 1. The van der Waals surface area contributed by atoms with Crippen molar-refractivity contribution in [3.05, 3.63) is 81.3 Å². The summed E-state index contributed by atoms with van der Waals surface area (Å²) in [6.45, 7) is 0.197. The first kappa shape index (κ1) is 17.9. The number of hydrogen-bond acceptors (Lipinski definition) is 3. The topological polar surface area (TPSA) is 58.6 Å². The third kappa shape index (κ3) is 3.40. The fourth-order valence-electron chi connectivity index (χ4n) is 3.41. The summed E-state index contributed by atoms with van der Waals surface area (Å²) in [5.74, 6) is -0.226. The Balaban J connectivity index is 1.52. The van der Waals surface area contributed by atoms with Gasteiger partial charge in [-0.25, -0.2) is 4.79 Å². The van der Waals surface area contributed by atoms with E-state index in [9.17, 15) is 9.90 Å². The molecule has 136 valence electrons. The Morgan fingerprint density at radius 1 is 1.07 bits per heavy atom. The Hall–Kier alpha value is -2.50. The van der Waals surface area contributed by atoms with Crippen LogP contribution in [0.1, 0.15) is 17.0 Å². The van der Waals surface area contributed by atoms with Crippen LogP contribution in [0.5, 0.6) is 5.75 Å². The van der Waals surface area contributed by atoms with Gasteiger partial charge in [0.05, 0.1) is 10.7 Å². The summed E-state index contributed by atoms with van der Waals surface area (Å²) in [7, 11) is 0. The molecule has 0 aliphatic heterocycles. The van der Waals surface area contributed by atoms with E-state index in [4.69, 9.17) is 16.3 Å². The Morgan fingerprint density at radius 3 is 2.30 bits per heavy atom. The molecule has 0 saturated carbocycles. The van der Waals surface area contributed by atoms with Crippen molar-refractivity contribution in [2.24, 2.45) is 0 Å². The number of carbonyl (C=O) groups is 1. The highest BCUT2D eigenvalue weighted by molar-refractivity contribution is 9.10. The third-order valence-corrected chi connectivity index (χ3v) is 5.35. The van der Waals surface area contributed by atoms with Gasteiger partial charge in [0.15, 0.2) is 5.75 Å². The average Bonchev–Trinajstić information content (AvgIpc) is 2.98. The number of benzene rings is 3. The minimum Gasteiger partial charge on any atom is -0.504 e. The predicted octanol–water partition coefficient (Wildman–Crippen LogP) is 6.17. The molecule has 4 nitrogen and oxygen atoms in total. The Kier molecular flexibility index (Phi) is 4.81. The van der Waals surface area contributed by atoms with Crippen LogP contribution in [0.4, 0.5) is 10.5 Å². The largest absolute Gasteiger partial charge is 0.504 e. The second-order valence-electron chi connectivity index (χ2n) is 6.23. The van der Waals surface area contributed by atoms with Crippen LogP contribution in [0, 0.1) is 0 Å². The van der Waals surface area contributed by atoms with Crippen LogP contribution in [-0.2, 0) is 4.74 Å². The number of fused-ring (bicyclic) bond motifs is 3. The number of phenols is 1. The van der Waals surface area contributed by atoms with Crippen molar-refractivity contribution < 1.29 is 14.6 Å². The summed E-state index contributed by atoms with van der Waals surface area (Å²) in [5, 5.41) is 12.7. The number of nitrogens with one attached hydrogen (secondary N) is 1. The first-order valence-electron chi connectivity index (χ1n) is 8.34. The lowest BCUT2D eigenvalue weighted by atomic mass is 9.98. The third-order valence-electron chi connectivity index (χ3n) is 4.61. The summed E-state index contributed by atoms with van der Waals surface area (Å²) in [6, 6.07) is 19.4. The van der Waals surface area contributed by atoms with E-state index in [1.807, 2.05) is 24.3 Å². The highest BCUT2D eigenvalue weighted by atomic mass is 79.9. The standard InChI is InChI=1S/C21H15BrClNO3/c22-12-9-18(23)20(25)19(10-12)24-21(26)27-11-17-15-7-3-1-5-13(15)14-6-2-4-8-16(14)17/h1-10,17,25H,11H2,(H,24,26). The first-order chi connectivity index (χ1) is 13.0. The lowest BCUT2D eigenvalue weighted by molar-refractivity contribution is 0.158. The van der Waals surface area contributed by atoms with E-state index in [0.29, 0.717) is 4.47 Å². The molecule has 3 aromatic rings. The summed E-state index contributed by atoms with van der Waals surface area (Å²) in [6.07, 6.45) is -0.652. The summed E-state index contributed by atoms with van der Waals surface area (Å²) in [5.41, 5.74) is 4.79. The second-order valence-corrected chi connectivity index (χ2v) is 7.56. The number of halogens is 2. The molecular weight excluding hydrogens is 430 g/mol. The number of rotatable bonds is 3. The molecule has 27 heavy (non-hydrogen) atoms. The molecule has 1 amide bonds. The monoisotopic (exact) mass is 443 g/mol. The summed E-state index contributed by atoms with van der Waals surface area (Å²) in [4.78, 5) is 12.3. The molecule has 0 heterocycles. The van der Waals surface area contributed by atoms with Gasteiger partial charge in [-0.15, -0.1) is 0 Å². The minimum absolute atomic E-state index is 0.0251. The molecule has 0 atom stereocenters. The molecule has 0 bridgehead atoms. The van der Waals surface area contributed by atoms with Gasteiger partial charge in [0.1, 0.15) is 6.61 Å². The molecule has 0 unspecified atom stereocenters. The van der Waals surface area contributed by atoms with Crippen molar-refractivity contribution in [3.8, 4) is 16.9 Å². The van der Waals surface area contributed by atoms with Crippen molar-refractivity contribution in [1.29, 1.82) is 0 Å². The van der Waals surface area contributed by atoms with E-state index in [2.05, 4.69) is 45.5 Å². The zero-order valence-electron chi connectivity index (χ0n) is 14.1. The van der Waals surface area contributed by atoms with Crippen LogP contribution in [-0.4, -0.2) is 17.8 Å². The van der Waals surface area contributed by atoms with Crippen LogP contribution in [0.2, 0.25) is 5.02 Å². The number of hydrogen-bond donors (Lipinski definition) is 2. The molecule has 1 aliphatic carbocycles. The number of anilines is 1. The molecule has 0 radical (unpaired) electrons. The Bertz CT molecular complexity index is 992. The predicted molar refractivity (Wildman–Crippen MR) is 110 cm³/mol. The quantitative estimate of drug-likeness (QED) is 0.475. The van der Waals surface area contributed by atoms with Crippen LogP contribution in [0.15, 0.2) is 65.1 Å². The minimum atomic E-state index is -0.652. The molecule has 0 fully saturated rings. The highest BCUT2D eigenvalue weighted by Gasteiger charge is 2.29. The van der Waals surface area contributed by atoms with Gasteiger partial charge >= 0.3 is 6.09 Å². The molecule has 1 aliphatic rings. The molecule has 6 heteroatoms. The van der Waals surface area contributed by atoms with Crippen LogP contribution in [0.25, 0.3) is 11.1 Å². The Labute approximate surface area is 169 Å². The summed E-state index contributed by atoms with van der Waals surface area (Å²) < 4.78 is 6.10.